The summed E-state index contributed by atoms with van der Waals surface area (Å²) in [6.45, 7) is 0.735. The van der Waals surface area contributed by atoms with E-state index < -0.39 is 0 Å². The van der Waals surface area contributed by atoms with E-state index in [1.807, 2.05) is 18.2 Å². The lowest BCUT2D eigenvalue weighted by Crippen LogP contribution is -2.30. The summed E-state index contributed by atoms with van der Waals surface area (Å²) in [6.07, 6.45) is 2.38. The van der Waals surface area contributed by atoms with Gasteiger partial charge in [0.25, 0.3) is 5.24 Å². The van der Waals surface area contributed by atoms with Crippen LogP contribution >= 0.6 is 11.8 Å². The molecule has 8 heteroatoms. The average Bonchev–Trinajstić information content (AvgIpc) is 2.96. The van der Waals surface area contributed by atoms with E-state index in [1.54, 1.807) is 30.5 Å². The summed E-state index contributed by atoms with van der Waals surface area (Å²) in [5.74, 6) is 0.0337. The van der Waals surface area contributed by atoms with Crippen LogP contribution in [0.25, 0.3) is 0 Å². The molecular formula is C18H18N4O3S. The van der Waals surface area contributed by atoms with Crippen molar-refractivity contribution < 1.29 is 14.4 Å². The fourth-order valence-electron chi connectivity index (χ4n) is 2.44. The fraction of sp³-hybridized carbons (Fsp3) is 0.222. The second-order valence-corrected chi connectivity index (χ2v) is 6.61. The first-order valence-corrected chi connectivity index (χ1v) is 9.11. The molecule has 1 aromatic carbocycles. The van der Waals surface area contributed by atoms with Gasteiger partial charge in [-0.1, -0.05) is 30.0 Å². The molecule has 1 saturated heterocycles. The first-order chi connectivity index (χ1) is 12.6. The van der Waals surface area contributed by atoms with Gasteiger partial charge in [-0.15, -0.1) is 0 Å². The van der Waals surface area contributed by atoms with Gasteiger partial charge >= 0.3 is 6.03 Å². The van der Waals surface area contributed by atoms with E-state index >= 15 is 0 Å². The van der Waals surface area contributed by atoms with Crippen molar-refractivity contribution in [3.8, 4) is 0 Å². The molecule has 0 radical (unpaired) electrons. The topological polar surface area (TPSA) is 91.4 Å². The maximum atomic E-state index is 11.9. The molecule has 1 aliphatic rings. The normalized spacial score (nSPS) is 13.8. The molecule has 3 rings (SSSR count). The number of amides is 4. The van der Waals surface area contributed by atoms with Gasteiger partial charge in [0.05, 0.1) is 12.3 Å². The number of nitrogens with one attached hydrogen (secondary N) is 2. The average molecular weight is 370 g/mol. The van der Waals surface area contributed by atoms with Crippen molar-refractivity contribution in [1.82, 2.24) is 15.2 Å². The quantitative estimate of drug-likeness (QED) is 0.816. The van der Waals surface area contributed by atoms with Gasteiger partial charge in [-0.3, -0.25) is 19.5 Å². The molecule has 0 unspecified atom stereocenters. The second-order valence-electron chi connectivity index (χ2n) is 5.68. The van der Waals surface area contributed by atoms with E-state index in [0.717, 1.165) is 23.0 Å². The van der Waals surface area contributed by atoms with E-state index in [0.29, 0.717) is 18.7 Å². The van der Waals surface area contributed by atoms with Crippen molar-refractivity contribution in [1.29, 1.82) is 0 Å². The van der Waals surface area contributed by atoms with Crippen LogP contribution in [0.5, 0.6) is 0 Å². The largest absolute Gasteiger partial charge is 0.337 e. The van der Waals surface area contributed by atoms with Crippen LogP contribution in [-0.2, 0) is 17.8 Å². The fourth-order valence-corrected chi connectivity index (χ4v) is 3.16. The Bertz CT molecular complexity index is 780. The van der Waals surface area contributed by atoms with Gasteiger partial charge < -0.3 is 10.6 Å². The van der Waals surface area contributed by atoms with Crippen molar-refractivity contribution in [2.24, 2.45) is 0 Å². The highest BCUT2D eigenvalue weighted by molar-refractivity contribution is 8.14. The zero-order valence-electron chi connectivity index (χ0n) is 14.0. The Balaban J connectivity index is 1.45. The number of carbonyl (C=O) groups is 3. The molecular weight excluding hydrogens is 352 g/mol. The lowest BCUT2D eigenvalue weighted by atomic mass is 10.2. The number of thioether (sulfide) groups is 1. The number of hydrogen-bond donors (Lipinski definition) is 2. The van der Waals surface area contributed by atoms with Gasteiger partial charge in [0.15, 0.2) is 0 Å². The molecule has 2 N–H and O–H groups in total. The number of carbonyl (C=O) groups excluding carboxylic acids is 3. The Hall–Kier alpha value is -2.87. The van der Waals surface area contributed by atoms with Crippen LogP contribution in [0.2, 0.25) is 0 Å². The zero-order chi connectivity index (χ0) is 18.4. The summed E-state index contributed by atoms with van der Waals surface area (Å²) in [4.78, 5) is 40.6. The molecule has 134 valence electrons. The van der Waals surface area contributed by atoms with E-state index in [1.165, 1.54) is 4.90 Å². The van der Waals surface area contributed by atoms with Crippen molar-refractivity contribution in [3.05, 3.63) is 59.9 Å². The third-order valence-electron chi connectivity index (χ3n) is 3.79. The molecule has 0 saturated carbocycles. The SMILES string of the molecule is O=C(NCCc1ccccn1)Nc1ccc(CN2C(=O)CSC2=O)cc1. The molecule has 0 aliphatic carbocycles. The van der Waals surface area contributed by atoms with Crippen LogP contribution in [0.1, 0.15) is 11.3 Å². The molecule has 2 aromatic rings. The van der Waals surface area contributed by atoms with Gasteiger partial charge in [-0.25, -0.2) is 4.79 Å². The van der Waals surface area contributed by atoms with Crippen molar-refractivity contribution in [3.63, 3.8) is 0 Å². The number of hydrogen-bond acceptors (Lipinski definition) is 5. The molecule has 4 amide bonds. The Labute approximate surface area is 155 Å². The summed E-state index contributed by atoms with van der Waals surface area (Å²) >= 11 is 1.02. The number of pyridine rings is 1. The standard InChI is InChI=1S/C18H18N4O3S/c23-16-12-26-18(25)22(16)11-13-4-6-15(7-5-13)21-17(24)20-10-8-14-3-1-2-9-19-14/h1-7,9H,8,10-12H2,(H2,20,21,24). The van der Waals surface area contributed by atoms with Gasteiger partial charge in [0.1, 0.15) is 0 Å². The summed E-state index contributed by atoms with van der Waals surface area (Å²) < 4.78 is 0. The second kappa shape index (κ2) is 8.48. The molecule has 0 spiro atoms. The highest BCUT2D eigenvalue weighted by atomic mass is 32.2. The van der Waals surface area contributed by atoms with Crippen LogP contribution in [0.15, 0.2) is 48.7 Å². The number of rotatable bonds is 6. The Morgan fingerprint density at radius 2 is 1.96 bits per heavy atom. The molecule has 2 heterocycles. The van der Waals surface area contributed by atoms with E-state index in [9.17, 15) is 14.4 Å². The molecule has 1 aliphatic heterocycles. The minimum atomic E-state index is -0.296. The summed E-state index contributed by atoms with van der Waals surface area (Å²) in [6, 6.07) is 12.4. The Morgan fingerprint density at radius 1 is 1.15 bits per heavy atom. The van der Waals surface area contributed by atoms with Gasteiger partial charge in [-0.2, -0.15) is 0 Å². The highest BCUT2D eigenvalue weighted by Crippen LogP contribution is 2.21. The smallest absolute Gasteiger partial charge is 0.319 e. The molecule has 0 bridgehead atoms. The van der Waals surface area contributed by atoms with Crippen LogP contribution in [-0.4, -0.2) is 39.4 Å². The van der Waals surface area contributed by atoms with Crippen molar-refractivity contribution in [2.75, 3.05) is 17.6 Å². The van der Waals surface area contributed by atoms with Crippen LogP contribution < -0.4 is 10.6 Å². The number of aromatic nitrogens is 1. The molecule has 0 atom stereocenters. The number of anilines is 1. The Morgan fingerprint density at radius 3 is 2.62 bits per heavy atom. The minimum absolute atomic E-state index is 0.172. The Kier molecular flexibility index (Phi) is 5.85. The van der Waals surface area contributed by atoms with Gasteiger partial charge in [0.2, 0.25) is 5.91 Å². The predicted molar refractivity (Wildman–Crippen MR) is 99.8 cm³/mol. The van der Waals surface area contributed by atoms with E-state index in [2.05, 4.69) is 15.6 Å². The van der Waals surface area contributed by atoms with Gasteiger partial charge in [0, 0.05) is 30.5 Å². The number of nitrogens with zero attached hydrogens (tertiary/aromatic N) is 2. The first kappa shape index (κ1) is 17.9. The summed E-state index contributed by atoms with van der Waals surface area (Å²) in [5.41, 5.74) is 2.38. The van der Waals surface area contributed by atoms with Crippen LogP contribution in [0.4, 0.5) is 15.3 Å². The molecule has 7 nitrogen and oxygen atoms in total. The number of imide groups is 1. The van der Waals surface area contributed by atoms with Crippen LogP contribution in [0.3, 0.4) is 0 Å². The molecule has 1 aromatic heterocycles. The third-order valence-corrected chi connectivity index (χ3v) is 4.64. The highest BCUT2D eigenvalue weighted by Gasteiger charge is 2.29. The zero-order valence-corrected chi connectivity index (χ0v) is 14.8. The number of benzene rings is 1. The summed E-state index contributed by atoms with van der Waals surface area (Å²) in [7, 11) is 0. The van der Waals surface area contributed by atoms with Crippen molar-refractivity contribution in [2.45, 2.75) is 13.0 Å². The lowest BCUT2D eigenvalue weighted by molar-refractivity contribution is -0.125. The monoisotopic (exact) mass is 370 g/mol. The third kappa shape index (κ3) is 4.82. The van der Waals surface area contributed by atoms with E-state index in [4.69, 9.17) is 0 Å². The van der Waals surface area contributed by atoms with Gasteiger partial charge in [-0.05, 0) is 29.8 Å². The molecule has 1 fully saturated rings. The molecule has 26 heavy (non-hydrogen) atoms. The van der Waals surface area contributed by atoms with Crippen molar-refractivity contribution >= 4 is 34.6 Å². The van der Waals surface area contributed by atoms with Crippen LogP contribution in [0, 0.1) is 0 Å². The lowest BCUT2D eigenvalue weighted by Gasteiger charge is -2.13. The van der Waals surface area contributed by atoms with E-state index in [-0.39, 0.29) is 29.5 Å². The predicted octanol–water partition coefficient (Wildman–Crippen LogP) is 2.64. The number of urea groups is 1. The maximum absolute atomic E-state index is 11.9. The summed E-state index contributed by atoms with van der Waals surface area (Å²) in [5, 5.41) is 5.30. The first-order valence-electron chi connectivity index (χ1n) is 8.12. The minimum Gasteiger partial charge on any atom is -0.337 e. The maximum Gasteiger partial charge on any atom is 0.319 e.